The Bertz CT molecular complexity index is 758. The van der Waals surface area contributed by atoms with E-state index in [1.807, 2.05) is 0 Å². The Labute approximate surface area is 262 Å². The predicted molar refractivity (Wildman–Crippen MR) is 188 cm³/mol. The lowest BCUT2D eigenvalue weighted by Gasteiger charge is -2.75. The van der Waals surface area contributed by atoms with E-state index < -0.39 is 0 Å². The van der Waals surface area contributed by atoms with Crippen molar-refractivity contribution >= 4 is 0 Å². The van der Waals surface area contributed by atoms with Gasteiger partial charge in [0, 0.05) is 0 Å². The Morgan fingerprint density at radius 2 is 1.17 bits per heavy atom. The van der Waals surface area contributed by atoms with Crippen molar-refractivity contribution in [2.75, 3.05) is 0 Å². The van der Waals surface area contributed by atoms with Crippen LogP contribution in [0.5, 0.6) is 0 Å². The molecule has 0 aromatic carbocycles. The molecular weight excluding hydrogens is 492 g/mol. The van der Waals surface area contributed by atoms with E-state index in [0.29, 0.717) is 34.0 Å². The topological polar surface area (TPSA) is 0 Å². The van der Waals surface area contributed by atoms with Crippen molar-refractivity contribution in [1.29, 1.82) is 0 Å². The summed E-state index contributed by atoms with van der Waals surface area (Å²) in [6.07, 6.45) is 9.46. The first-order chi connectivity index (χ1) is 18.7. The van der Waals surface area contributed by atoms with E-state index >= 15 is 0 Å². The van der Waals surface area contributed by atoms with Gasteiger partial charge in [-0.2, -0.15) is 0 Å². The van der Waals surface area contributed by atoms with Crippen LogP contribution < -0.4 is 0 Å². The first kappa shape index (κ1) is 39.0. The molecule has 1 rings (SSSR count). The molecule has 1 aliphatic rings. The molecule has 1 aliphatic carbocycles. The lowest BCUT2D eigenvalue weighted by molar-refractivity contribution is -0.280. The SMILES string of the molecule is CCCCCC(C)C(C)(C)C(C)(C)C(C)C(C)C1(C)[C@H](CCC)[C@H](C(C)C(C)C(C)C(C)C(C)CC)C1(C)C(C)C. The van der Waals surface area contributed by atoms with Gasteiger partial charge in [-0.05, 0) is 93.2 Å². The molecule has 0 spiro atoms. The monoisotopic (exact) mass is 575 g/mol. The van der Waals surface area contributed by atoms with Gasteiger partial charge in [-0.25, -0.2) is 0 Å². The maximum atomic E-state index is 2.77. The summed E-state index contributed by atoms with van der Waals surface area (Å²) in [5, 5.41) is 0. The van der Waals surface area contributed by atoms with Crippen molar-refractivity contribution in [3.05, 3.63) is 0 Å². The molecule has 0 aromatic rings. The molecule has 0 amide bonds. The van der Waals surface area contributed by atoms with Crippen LogP contribution in [0.3, 0.4) is 0 Å². The summed E-state index contributed by atoms with van der Waals surface area (Å²) in [4.78, 5) is 0. The Balaban J connectivity index is 3.50. The van der Waals surface area contributed by atoms with Crippen LogP contribution >= 0.6 is 0 Å². The summed E-state index contributed by atoms with van der Waals surface area (Å²) in [6.45, 7) is 49.0. The van der Waals surface area contributed by atoms with Crippen LogP contribution in [-0.4, -0.2) is 0 Å². The third-order valence-corrected chi connectivity index (χ3v) is 16.4. The third-order valence-electron chi connectivity index (χ3n) is 16.4. The fourth-order valence-corrected chi connectivity index (χ4v) is 10.6. The number of unbranched alkanes of at least 4 members (excludes halogenated alkanes) is 2. The number of hydrogen-bond donors (Lipinski definition) is 0. The third kappa shape index (κ3) is 6.82. The average Bonchev–Trinajstić information content (AvgIpc) is 2.93. The number of rotatable bonds is 18. The summed E-state index contributed by atoms with van der Waals surface area (Å²) in [5.74, 6) is 8.35. The highest BCUT2D eigenvalue weighted by Crippen LogP contribution is 2.76. The first-order valence-electron chi connectivity index (χ1n) is 18.7. The van der Waals surface area contributed by atoms with Gasteiger partial charge in [0.25, 0.3) is 0 Å². The molecule has 0 N–H and O–H groups in total. The molecule has 1 fully saturated rings. The maximum absolute atomic E-state index is 2.77. The molecule has 0 nitrogen and oxygen atoms in total. The summed E-state index contributed by atoms with van der Waals surface area (Å²) in [6, 6.07) is 0. The van der Waals surface area contributed by atoms with Crippen molar-refractivity contribution < 1.29 is 0 Å². The lowest BCUT2D eigenvalue weighted by atomic mass is 9.29. The second kappa shape index (κ2) is 14.9. The minimum atomic E-state index is 0.278. The van der Waals surface area contributed by atoms with Gasteiger partial charge in [0.1, 0.15) is 0 Å². The average molecular weight is 575 g/mol. The zero-order valence-electron chi connectivity index (χ0n) is 32.3. The summed E-state index contributed by atoms with van der Waals surface area (Å²) >= 11 is 0. The van der Waals surface area contributed by atoms with E-state index in [-0.39, 0.29) is 5.41 Å². The minimum absolute atomic E-state index is 0.278. The van der Waals surface area contributed by atoms with Crippen molar-refractivity contribution in [3.63, 3.8) is 0 Å². The van der Waals surface area contributed by atoms with Crippen LogP contribution in [0.25, 0.3) is 0 Å². The zero-order chi connectivity index (χ0) is 32.3. The number of hydrogen-bond acceptors (Lipinski definition) is 0. The molecule has 0 aliphatic heterocycles. The molecule has 0 heterocycles. The molecule has 0 aromatic heterocycles. The first-order valence-corrected chi connectivity index (χ1v) is 18.7. The second-order valence-electron chi connectivity index (χ2n) is 17.9. The smallest absolute Gasteiger partial charge is 0.0207 e. The standard InChI is InChI=1S/C41H82/c1-20-23-24-26-29(7)38(14,15)39(16,17)34(12)35(13)41(19)36(25-21-2)37(40(41,18)27(4)5)33(11)32(10)31(9)30(8)28(6)22-3/h27-37H,20-26H2,1-19H3/t28?,29?,30?,31?,32?,33?,34?,35?,36-,37+,40?,41?/m1/s1. The van der Waals surface area contributed by atoms with Crippen LogP contribution in [0.15, 0.2) is 0 Å². The van der Waals surface area contributed by atoms with Crippen molar-refractivity contribution in [3.8, 4) is 0 Å². The van der Waals surface area contributed by atoms with Gasteiger partial charge in [-0.3, -0.25) is 0 Å². The quantitative estimate of drug-likeness (QED) is 0.143. The zero-order valence-corrected chi connectivity index (χ0v) is 32.3. The molecule has 12 atom stereocenters. The van der Waals surface area contributed by atoms with Gasteiger partial charge < -0.3 is 0 Å². The van der Waals surface area contributed by atoms with Crippen LogP contribution in [0.1, 0.15) is 176 Å². The van der Waals surface area contributed by atoms with Crippen molar-refractivity contribution in [2.24, 2.45) is 86.8 Å². The molecule has 246 valence electrons. The fourth-order valence-electron chi connectivity index (χ4n) is 10.6. The molecule has 0 radical (unpaired) electrons. The maximum Gasteiger partial charge on any atom is -0.0207 e. The normalized spacial score (nSPS) is 31.6. The van der Waals surface area contributed by atoms with Gasteiger partial charge in [-0.15, -0.1) is 0 Å². The highest BCUT2D eigenvalue weighted by molar-refractivity contribution is 5.18. The Morgan fingerprint density at radius 1 is 0.634 bits per heavy atom. The fraction of sp³-hybridized carbons (Fsp3) is 1.00. The highest BCUT2D eigenvalue weighted by Gasteiger charge is 2.71. The minimum Gasteiger partial charge on any atom is -0.0654 e. The van der Waals surface area contributed by atoms with Gasteiger partial charge >= 0.3 is 0 Å². The summed E-state index contributed by atoms with van der Waals surface area (Å²) < 4.78 is 0. The van der Waals surface area contributed by atoms with Crippen LogP contribution in [0.4, 0.5) is 0 Å². The van der Waals surface area contributed by atoms with Crippen molar-refractivity contribution in [1.82, 2.24) is 0 Å². The largest absolute Gasteiger partial charge is 0.0654 e. The molecule has 10 unspecified atom stereocenters. The highest BCUT2D eigenvalue weighted by atomic mass is 14.7. The van der Waals surface area contributed by atoms with E-state index in [4.69, 9.17) is 0 Å². The van der Waals surface area contributed by atoms with E-state index in [2.05, 4.69) is 132 Å². The predicted octanol–water partition coefficient (Wildman–Crippen LogP) is 13.8. The molecule has 0 saturated heterocycles. The van der Waals surface area contributed by atoms with Gasteiger partial charge in [0.2, 0.25) is 0 Å². The van der Waals surface area contributed by atoms with E-state index in [1.54, 1.807) is 0 Å². The van der Waals surface area contributed by atoms with Gasteiger partial charge in [0.05, 0.1) is 0 Å². The molecule has 0 heteroatoms. The van der Waals surface area contributed by atoms with E-state index in [9.17, 15) is 0 Å². The van der Waals surface area contributed by atoms with Gasteiger partial charge in [0.15, 0.2) is 0 Å². The van der Waals surface area contributed by atoms with Crippen LogP contribution in [0, 0.1) is 86.8 Å². The molecular formula is C41H82. The van der Waals surface area contributed by atoms with E-state index in [0.717, 1.165) is 47.3 Å². The van der Waals surface area contributed by atoms with Crippen LogP contribution in [0.2, 0.25) is 0 Å². The van der Waals surface area contributed by atoms with E-state index in [1.165, 1.54) is 44.9 Å². The lowest BCUT2D eigenvalue weighted by Crippen LogP contribution is -2.70. The van der Waals surface area contributed by atoms with Crippen LogP contribution in [-0.2, 0) is 0 Å². The Kier molecular flexibility index (Phi) is 14.1. The summed E-state index contributed by atoms with van der Waals surface area (Å²) in [5.41, 5.74) is 1.31. The Morgan fingerprint density at radius 3 is 1.61 bits per heavy atom. The second-order valence-corrected chi connectivity index (χ2v) is 17.9. The molecule has 41 heavy (non-hydrogen) atoms. The van der Waals surface area contributed by atoms with Crippen molar-refractivity contribution in [2.45, 2.75) is 176 Å². The Hall–Kier alpha value is 0. The molecule has 0 bridgehead atoms. The van der Waals surface area contributed by atoms with Gasteiger partial charge in [-0.1, -0.05) is 170 Å². The summed E-state index contributed by atoms with van der Waals surface area (Å²) in [7, 11) is 0. The molecule has 1 saturated carbocycles.